The number of halogens is 6. The molecule has 2 aromatic rings. The van der Waals surface area contributed by atoms with Crippen LogP contribution in [0.1, 0.15) is 41.4 Å². The SMILES string of the molecule is CNCC(=O)[N+](C)(C(=O)c1c(I)c(NC(=O)COC)c(I)c(C(=O)NCC(O)CO)c1I)c1c(I)c(C(=O)N(CCO)CCO)c(I)c(C(=O)N(CCO)CCO)c1I. The maximum Gasteiger partial charge on any atom is 0.360 e. The number of hydrogen-bond acceptors (Lipinski definition) is 14. The van der Waals surface area contributed by atoms with E-state index in [4.69, 9.17) is 4.74 Å². The largest absolute Gasteiger partial charge is 0.395 e. The first-order chi connectivity index (χ1) is 27.8. The highest BCUT2D eigenvalue weighted by Gasteiger charge is 2.51. The van der Waals surface area contributed by atoms with Crippen LogP contribution in [-0.2, 0) is 14.3 Å². The van der Waals surface area contributed by atoms with E-state index in [1.165, 1.54) is 21.2 Å². The molecule has 0 saturated carbocycles. The molecule has 0 aliphatic heterocycles. The monoisotopic (exact) mass is 1500 g/mol. The molecule has 0 aromatic heterocycles. The third kappa shape index (κ3) is 12.7. The minimum atomic E-state index is -1.32. The highest BCUT2D eigenvalue weighted by atomic mass is 127. The molecule has 2 aromatic carbocycles. The van der Waals surface area contributed by atoms with E-state index in [0.29, 0.717) is 0 Å². The van der Waals surface area contributed by atoms with Crippen molar-refractivity contribution >= 4 is 182 Å². The predicted molar refractivity (Wildman–Crippen MR) is 266 cm³/mol. The van der Waals surface area contributed by atoms with Crippen molar-refractivity contribution < 1.29 is 64.1 Å². The summed E-state index contributed by atoms with van der Waals surface area (Å²) in [6.45, 7) is -4.73. The number of imide groups is 1. The zero-order valence-corrected chi connectivity index (χ0v) is 44.7. The molecule has 2 unspecified atom stereocenters. The molecular weight excluding hydrogens is 1460 g/mol. The molecule has 59 heavy (non-hydrogen) atoms. The Balaban J connectivity index is 3.35. The highest BCUT2D eigenvalue weighted by Crippen LogP contribution is 2.44. The lowest BCUT2D eigenvalue weighted by Crippen LogP contribution is -2.59. The highest BCUT2D eigenvalue weighted by molar-refractivity contribution is 14.1. The molecule has 9 N–H and O–H groups in total. The summed E-state index contributed by atoms with van der Waals surface area (Å²) in [5.41, 5.74) is -0.728. The number of anilines is 1. The molecule has 0 spiro atoms. The summed E-state index contributed by atoms with van der Waals surface area (Å²) in [5.74, 6) is -4.70. The molecule has 0 bridgehead atoms. The molecule has 0 heterocycles. The minimum absolute atomic E-state index is 0.0172. The molecule has 0 radical (unpaired) electrons. The van der Waals surface area contributed by atoms with E-state index in [2.05, 4.69) is 16.0 Å². The zero-order valence-electron chi connectivity index (χ0n) is 31.7. The lowest BCUT2D eigenvalue weighted by molar-refractivity contribution is -0.126. The summed E-state index contributed by atoms with van der Waals surface area (Å²) in [7, 11) is 4.02. The molecule has 19 nitrogen and oxygen atoms in total. The Bertz CT molecular complexity index is 1860. The van der Waals surface area contributed by atoms with Gasteiger partial charge in [-0.05, 0) is 143 Å². The number of nitrogens with one attached hydrogen (secondary N) is 3. The van der Waals surface area contributed by atoms with Gasteiger partial charge >= 0.3 is 11.8 Å². The van der Waals surface area contributed by atoms with Crippen LogP contribution in [0.3, 0.4) is 0 Å². The lowest BCUT2D eigenvalue weighted by atomic mass is 10.0. The molecule has 2 rings (SSSR count). The van der Waals surface area contributed by atoms with E-state index in [1.807, 2.05) is 90.4 Å². The van der Waals surface area contributed by atoms with Crippen LogP contribution < -0.4 is 20.4 Å². The second-order valence-electron chi connectivity index (χ2n) is 12.3. The van der Waals surface area contributed by atoms with Crippen LogP contribution in [0, 0.1) is 21.4 Å². The Morgan fingerprint density at radius 3 is 1.54 bits per heavy atom. The molecule has 25 heteroatoms. The van der Waals surface area contributed by atoms with E-state index in [0.717, 1.165) is 9.80 Å². The Kier molecular flexibility index (Phi) is 24.0. The van der Waals surface area contributed by atoms with Crippen LogP contribution in [0.25, 0.3) is 0 Å². The standard InChI is InChI=1S/C34H42I6N6O13/c1-41-13-18(54)46(2,34(58)22-23(35)19(31(55)42-12-16(52)14-51)25(37)29(26(22)38)43-17(53)15-59-3)30-27(39)20(32(56)44(4-8-47)5-9-48)24(36)21(28(30)40)33(57)45(6-10-49)7-11-50/h16,41,47-52H,4-15H2,1-3H3,(H-,42,43,53,55)/p+1. The molecule has 0 aliphatic rings. The second-order valence-corrected chi connectivity index (χ2v) is 18.8. The summed E-state index contributed by atoms with van der Waals surface area (Å²) in [6, 6.07) is 0. The molecule has 2 atom stereocenters. The van der Waals surface area contributed by atoms with Crippen LogP contribution in [-0.4, -0.2) is 182 Å². The summed E-state index contributed by atoms with van der Waals surface area (Å²) >= 11 is 10.8. The fourth-order valence-electron chi connectivity index (χ4n) is 5.55. The molecule has 328 valence electrons. The number of carbonyl (C=O) groups is 6. The van der Waals surface area contributed by atoms with Gasteiger partial charge in [0.15, 0.2) is 5.69 Å². The lowest BCUT2D eigenvalue weighted by Gasteiger charge is -2.34. The summed E-state index contributed by atoms with van der Waals surface area (Å²) in [6.07, 6.45) is -1.32. The van der Waals surface area contributed by atoms with Crippen molar-refractivity contribution in [1.29, 1.82) is 0 Å². The second kappa shape index (κ2) is 25.8. The van der Waals surface area contributed by atoms with Gasteiger partial charge in [-0.25, -0.2) is 9.59 Å². The molecule has 0 aliphatic carbocycles. The molecule has 0 fully saturated rings. The normalized spacial score (nSPS) is 12.7. The maximum absolute atomic E-state index is 15.7. The van der Waals surface area contributed by atoms with Gasteiger partial charge in [-0.1, -0.05) is 0 Å². The first-order valence-electron chi connectivity index (χ1n) is 17.2. The van der Waals surface area contributed by atoms with Gasteiger partial charge in [-0.2, -0.15) is 4.48 Å². The van der Waals surface area contributed by atoms with Crippen LogP contribution >= 0.6 is 136 Å². The first-order valence-corrected chi connectivity index (χ1v) is 23.7. The Hall–Kier alpha value is -0.320. The number of aliphatic hydroxyl groups excluding tert-OH is 6. The number of aliphatic hydroxyl groups is 6. The maximum atomic E-state index is 15.7. The molecular formula is C34H43I6N6O13+. The number of likely N-dealkylation sites (N-methyl/N-ethyl adjacent to an activating group) is 2. The first kappa shape index (κ1) is 54.8. The van der Waals surface area contributed by atoms with Gasteiger partial charge in [0.05, 0.1) is 82.8 Å². The number of hydrogen-bond donors (Lipinski definition) is 9. The number of methoxy groups -OCH3 is 1. The summed E-state index contributed by atoms with van der Waals surface area (Å²) < 4.78 is 4.23. The van der Waals surface area contributed by atoms with E-state index < -0.39 is 92.2 Å². The number of benzene rings is 2. The third-order valence-electron chi connectivity index (χ3n) is 8.46. The topological polar surface area (TPSA) is 276 Å². The van der Waals surface area contributed by atoms with E-state index in [9.17, 15) is 54.6 Å². The predicted octanol–water partition coefficient (Wildman–Crippen LogP) is 0.359. The van der Waals surface area contributed by atoms with Crippen molar-refractivity contribution in [3.8, 4) is 0 Å². The third-order valence-corrected chi connectivity index (χ3v) is 14.9. The Labute approximate surface area is 421 Å². The van der Waals surface area contributed by atoms with Crippen molar-refractivity contribution in [2.24, 2.45) is 0 Å². The van der Waals surface area contributed by atoms with Gasteiger partial charge in [-0.3, -0.25) is 19.2 Å². The van der Waals surface area contributed by atoms with Crippen molar-refractivity contribution in [3.63, 3.8) is 0 Å². The van der Waals surface area contributed by atoms with Gasteiger partial charge in [-0.15, -0.1) is 0 Å². The van der Waals surface area contributed by atoms with Gasteiger partial charge in [0.2, 0.25) is 5.91 Å². The Morgan fingerprint density at radius 2 is 1.14 bits per heavy atom. The summed E-state index contributed by atoms with van der Waals surface area (Å²) in [4.78, 5) is 88.3. The van der Waals surface area contributed by atoms with Gasteiger partial charge in [0.25, 0.3) is 17.7 Å². The fourth-order valence-corrected chi connectivity index (χ4v) is 15.0. The average Bonchev–Trinajstić information content (AvgIpc) is 3.18. The number of rotatable bonds is 21. The minimum Gasteiger partial charge on any atom is -0.395 e. The zero-order chi connectivity index (χ0) is 44.9. The van der Waals surface area contributed by atoms with Gasteiger partial charge < -0.3 is 61.1 Å². The number of carbonyl (C=O) groups excluding carboxylic acids is 6. The fraction of sp³-hybridized carbons (Fsp3) is 0.471. The smallest absolute Gasteiger partial charge is 0.360 e. The number of nitrogens with zero attached hydrogens (tertiary/aromatic N) is 3. The average molecular weight is 1510 g/mol. The van der Waals surface area contributed by atoms with Gasteiger partial charge in [0, 0.05) is 47.0 Å². The number of ether oxygens (including phenoxy) is 1. The van der Waals surface area contributed by atoms with Crippen molar-refractivity contribution in [2.75, 3.05) is 105 Å². The van der Waals surface area contributed by atoms with E-state index >= 15 is 4.79 Å². The van der Waals surface area contributed by atoms with Gasteiger partial charge in [0.1, 0.15) is 18.7 Å². The molecule has 6 amide bonds. The quantitative estimate of drug-likeness (QED) is 0.0604. The van der Waals surface area contributed by atoms with Crippen molar-refractivity contribution in [1.82, 2.24) is 24.9 Å². The van der Waals surface area contributed by atoms with Crippen LogP contribution in [0.4, 0.5) is 11.4 Å². The van der Waals surface area contributed by atoms with E-state index in [-0.39, 0.29) is 87.8 Å². The summed E-state index contributed by atoms with van der Waals surface area (Å²) in [5, 5.41) is 66.6. The van der Waals surface area contributed by atoms with Crippen LogP contribution in [0.15, 0.2) is 0 Å². The number of amides is 6. The van der Waals surface area contributed by atoms with Crippen LogP contribution in [0.5, 0.6) is 0 Å². The van der Waals surface area contributed by atoms with E-state index in [1.54, 1.807) is 45.2 Å². The van der Waals surface area contributed by atoms with Crippen molar-refractivity contribution in [2.45, 2.75) is 6.10 Å². The molecule has 0 saturated heterocycles. The van der Waals surface area contributed by atoms with Crippen molar-refractivity contribution in [3.05, 3.63) is 43.7 Å². The number of quaternary nitrogens is 1. The van der Waals surface area contributed by atoms with Crippen LogP contribution in [0.2, 0.25) is 0 Å². The Morgan fingerprint density at radius 1 is 0.695 bits per heavy atom.